The molecule has 0 bridgehead atoms. The average molecular weight is 626 g/mol. The van der Waals surface area contributed by atoms with Gasteiger partial charge in [0.05, 0.1) is 23.3 Å². The van der Waals surface area contributed by atoms with Crippen molar-refractivity contribution in [2.24, 2.45) is 0 Å². The van der Waals surface area contributed by atoms with Crippen LogP contribution in [0, 0.1) is 5.82 Å². The molecule has 1 aliphatic rings. The topological polar surface area (TPSA) is 117 Å². The number of carbonyl (C=O) groups excluding carboxylic acids is 2. The summed E-state index contributed by atoms with van der Waals surface area (Å²) in [5.74, 6) is -3.27. The van der Waals surface area contributed by atoms with Crippen LogP contribution in [0.1, 0.15) is 59.5 Å². The zero-order valence-corrected chi connectivity index (χ0v) is 24.5. The van der Waals surface area contributed by atoms with E-state index in [-0.39, 0.29) is 51.2 Å². The molecule has 3 aromatic carbocycles. The Morgan fingerprint density at radius 1 is 0.933 bits per heavy atom. The number of aromatic nitrogens is 2. The first-order chi connectivity index (χ1) is 21.3. The van der Waals surface area contributed by atoms with Gasteiger partial charge in [-0.05, 0) is 81.1 Å². The molecule has 9 nitrogen and oxygen atoms in total. The summed E-state index contributed by atoms with van der Waals surface area (Å²) in [4.78, 5) is 40.5. The summed E-state index contributed by atoms with van der Waals surface area (Å²) in [5, 5.41) is 18.9. The molecule has 236 valence electrons. The number of aliphatic carboxylic acids is 1. The fourth-order valence-electron chi connectivity index (χ4n) is 5.85. The minimum Gasteiger partial charge on any atom is -0.481 e. The van der Waals surface area contributed by atoms with Crippen LogP contribution in [0.15, 0.2) is 60.7 Å². The zero-order chi connectivity index (χ0) is 32.5. The largest absolute Gasteiger partial charge is 0.481 e. The third-order valence-corrected chi connectivity index (χ3v) is 7.84. The molecule has 2 heterocycles. The predicted molar refractivity (Wildman–Crippen MR) is 161 cm³/mol. The van der Waals surface area contributed by atoms with Gasteiger partial charge in [0.1, 0.15) is 12.4 Å². The van der Waals surface area contributed by atoms with Gasteiger partial charge < -0.3 is 20.6 Å². The first kappa shape index (κ1) is 31.5. The van der Waals surface area contributed by atoms with Gasteiger partial charge in [0, 0.05) is 28.7 Å². The fraction of sp³-hybridized carbons (Fsp3) is 0.312. The third kappa shape index (κ3) is 7.08. The zero-order valence-electron chi connectivity index (χ0n) is 24.5. The van der Waals surface area contributed by atoms with E-state index in [2.05, 4.69) is 20.6 Å². The second-order valence-electron chi connectivity index (χ2n) is 11.2. The number of amides is 2. The molecule has 3 N–H and O–H groups in total. The molecule has 0 radical (unpaired) electrons. The number of piperidine rings is 1. The van der Waals surface area contributed by atoms with Gasteiger partial charge in [-0.2, -0.15) is 18.3 Å². The van der Waals surface area contributed by atoms with E-state index in [0.717, 1.165) is 36.1 Å². The summed E-state index contributed by atoms with van der Waals surface area (Å²) in [6.07, 6.45) is -2.28. The number of benzene rings is 3. The smallest absolute Gasteiger partial charge is 0.408 e. The van der Waals surface area contributed by atoms with Gasteiger partial charge >= 0.3 is 12.1 Å². The minimum atomic E-state index is -4.56. The van der Waals surface area contributed by atoms with Crippen LogP contribution >= 0.6 is 0 Å². The number of para-hydroxylation sites is 1. The van der Waals surface area contributed by atoms with Crippen LogP contribution in [0.4, 0.5) is 34.6 Å². The number of rotatable bonds is 8. The molecule has 0 saturated carbocycles. The molecule has 1 saturated heterocycles. The Morgan fingerprint density at radius 3 is 2.31 bits per heavy atom. The summed E-state index contributed by atoms with van der Waals surface area (Å²) >= 11 is 0. The second kappa shape index (κ2) is 12.6. The normalized spacial score (nSPS) is 16.9. The van der Waals surface area contributed by atoms with Gasteiger partial charge in [0.2, 0.25) is 0 Å². The number of carboxylic acid groups (broad SMARTS) is 1. The number of nitrogens with one attached hydrogen (secondary N) is 2. The fourth-order valence-corrected chi connectivity index (χ4v) is 5.85. The van der Waals surface area contributed by atoms with E-state index < -0.39 is 42.7 Å². The highest BCUT2D eigenvalue weighted by atomic mass is 19.4. The van der Waals surface area contributed by atoms with Gasteiger partial charge in [0.15, 0.2) is 5.69 Å². The van der Waals surface area contributed by atoms with Crippen molar-refractivity contribution in [3.8, 4) is 0 Å². The Labute approximate surface area is 255 Å². The Kier molecular flexibility index (Phi) is 8.80. The average Bonchev–Trinajstić information content (AvgIpc) is 3.31. The molecule has 2 amide bonds. The summed E-state index contributed by atoms with van der Waals surface area (Å²) in [7, 11) is 0. The highest BCUT2D eigenvalue weighted by Crippen LogP contribution is 2.36. The van der Waals surface area contributed by atoms with Gasteiger partial charge in [0.25, 0.3) is 11.8 Å². The Balaban J connectivity index is 1.53. The minimum absolute atomic E-state index is 0.0679. The Morgan fingerprint density at radius 2 is 1.62 bits per heavy atom. The first-order valence-corrected chi connectivity index (χ1v) is 14.4. The Hall–Kier alpha value is -4.94. The van der Waals surface area contributed by atoms with Gasteiger partial charge in [-0.3, -0.25) is 19.1 Å². The van der Waals surface area contributed by atoms with E-state index in [4.69, 9.17) is 0 Å². The van der Waals surface area contributed by atoms with E-state index in [9.17, 15) is 37.1 Å². The van der Waals surface area contributed by atoms with E-state index in [1.165, 1.54) is 24.3 Å². The van der Waals surface area contributed by atoms with Gasteiger partial charge in [-0.1, -0.05) is 18.2 Å². The van der Waals surface area contributed by atoms with Crippen LogP contribution in [-0.4, -0.2) is 50.9 Å². The van der Waals surface area contributed by atoms with Crippen molar-refractivity contribution in [3.63, 3.8) is 0 Å². The van der Waals surface area contributed by atoms with E-state index in [1.54, 1.807) is 24.3 Å². The number of hydrogen-bond donors (Lipinski definition) is 3. The molecule has 2 atom stereocenters. The van der Waals surface area contributed by atoms with Gasteiger partial charge in [-0.25, -0.2) is 4.39 Å². The van der Waals surface area contributed by atoms with Crippen LogP contribution in [0.3, 0.4) is 0 Å². The number of anilines is 3. The predicted octanol–water partition coefficient (Wildman–Crippen LogP) is 6.64. The molecule has 1 fully saturated rings. The van der Waals surface area contributed by atoms with Crippen molar-refractivity contribution in [3.05, 3.63) is 83.3 Å². The maximum atomic E-state index is 13.8. The maximum Gasteiger partial charge on any atom is 0.408 e. The lowest BCUT2D eigenvalue weighted by atomic mass is 9.96. The van der Waals surface area contributed by atoms with E-state index in [1.807, 2.05) is 13.8 Å². The molecule has 5 rings (SSSR count). The number of carboxylic acids is 1. The number of fused-ring (bicyclic) bond motifs is 1. The monoisotopic (exact) mass is 625 g/mol. The number of alkyl halides is 3. The van der Waals surface area contributed by atoms with E-state index in [0.29, 0.717) is 5.69 Å². The number of hydrogen-bond acceptors (Lipinski definition) is 5. The molecular weight excluding hydrogens is 594 g/mol. The molecule has 1 aliphatic heterocycles. The lowest BCUT2D eigenvalue weighted by molar-refractivity contribution is -0.142. The molecule has 13 heteroatoms. The van der Waals surface area contributed by atoms with Crippen molar-refractivity contribution < 1.29 is 37.1 Å². The van der Waals surface area contributed by atoms with Gasteiger partial charge in [-0.15, -0.1) is 0 Å². The molecule has 0 aliphatic carbocycles. The van der Waals surface area contributed by atoms with Crippen LogP contribution in [-0.2, 0) is 17.8 Å². The third-order valence-electron chi connectivity index (χ3n) is 7.84. The molecular formula is C32H31F4N5O4. The number of halogens is 4. The SMILES string of the molecule is CC1CCCC(C)N1c1ccc(C(=O)Nc2ccc(F)cc2CC(=O)O)cc1NC(=O)c1nn(CC(F)(F)F)c2ccccc12. The number of nitrogens with zero attached hydrogens (tertiary/aromatic N) is 3. The molecule has 2 unspecified atom stereocenters. The van der Waals surface area contributed by atoms with Crippen molar-refractivity contribution in [1.29, 1.82) is 0 Å². The number of carbonyl (C=O) groups is 3. The highest BCUT2D eigenvalue weighted by Gasteiger charge is 2.32. The van der Waals surface area contributed by atoms with Crippen molar-refractivity contribution >= 4 is 45.7 Å². The van der Waals surface area contributed by atoms with Crippen LogP contribution in [0.5, 0.6) is 0 Å². The quantitative estimate of drug-likeness (QED) is 0.189. The lowest BCUT2D eigenvalue weighted by Crippen LogP contribution is -2.44. The van der Waals surface area contributed by atoms with E-state index >= 15 is 0 Å². The van der Waals surface area contributed by atoms with Crippen molar-refractivity contribution in [1.82, 2.24) is 9.78 Å². The molecule has 0 spiro atoms. The van der Waals surface area contributed by atoms with Crippen LogP contribution in [0.2, 0.25) is 0 Å². The van der Waals surface area contributed by atoms with Crippen LogP contribution in [0.25, 0.3) is 10.9 Å². The standard InChI is InChI=1S/C32H31F4N5O4/c1-18-6-5-7-19(2)41(18)27-13-10-20(30(44)37-24-12-11-22(33)14-21(24)16-28(42)43)15-25(27)38-31(45)29-23-8-3-4-9-26(23)40(39-29)17-32(34,35)36/h3-4,8-15,18-19H,5-7,16-17H2,1-2H3,(H,37,44)(H,38,45)(H,42,43). The van der Waals surface area contributed by atoms with Crippen molar-refractivity contribution in [2.75, 3.05) is 15.5 Å². The summed E-state index contributed by atoms with van der Waals surface area (Å²) < 4.78 is 54.4. The van der Waals surface area contributed by atoms with Crippen LogP contribution < -0.4 is 15.5 Å². The molecule has 1 aromatic heterocycles. The lowest BCUT2D eigenvalue weighted by Gasteiger charge is -2.42. The van der Waals surface area contributed by atoms with Crippen molar-refractivity contribution in [2.45, 2.75) is 64.3 Å². The maximum absolute atomic E-state index is 13.8. The molecule has 45 heavy (non-hydrogen) atoms. The summed E-state index contributed by atoms with van der Waals surface area (Å²) in [5.41, 5.74) is 1.07. The highest BCUT2D eigenvalue weighted by molar-refractivity contribution is 6.13. The first-order valence-electron chi connectivity index (χ1n) is 14.4. The Bertz CT molecular complexity index is 1760. The second-order valence-corrected chi connectivity index (χ2v) is 11.2. The summed E-state index contributed by atoms with van der Waals surface area (Å²) in [6.45, 7) is 2.72. The molecule has 4 aromatic rings. The summed E-state index contributed by atoms with van der Waals surface area (Å²) in [6, 6.07) is 14.4.